The van der Waals surface area contributed by atoms with E-state index in [1.165, 1.54) is 0 Å². The van der Waals surface area contributed by atoms with Gasteiger partial charge in [-0.05, 0) is 29.8 Å². The SMILES string of the molecule is N#CCC(CC(=O)Oc1ccc(C#N)cc1)c1ccccc1. The Morgan fingerprint density at radius 2 is 1.73 bits per heavy atom. The van der Waals surface area contributed by atoms with Gasteiger partial charge in [-0.25, -0.2) is 0 Å². The fourth-order valence-electron chi connectivity index (χ4n) is 2.12. The summed E-state index contributed by atoms with van der Waals surface area (Å²) in [4.78, 5) is 12.0. The van der Waals surface area contributed by atoms with Crippen LogP contribution >= 0.6 is 0 Å². The number of benzene rings is 2. The first-order valence-corrected chi connectivity index (χ1v) is 6.85. The van der Waals surface area contributed by atoms with Gasteiger partial charge in [-0.15, -0.1) is 0 Å². The van der Waals surface area contributed by atoms with E-state index >= 15 is 0 Å². The molecule has 0 spiro atoms. The first kappa shape index (κ1) is 15.3. The second-order valence-electron chi connectivity index (χ2n) is 4.78. The van der Waals surface area contributed by atoms with Crippen molar-refractivity contribution in [3.63, 3.8) is 0 Å². The molecule has 0 N–H and O–H groups in total. The second kappa shape index (κ2) is 7.61. The summed E-state index contributed by atoms with van der Waals surface area (Å²) >= 11 is 0. The quantitative estimate of drug-likeness (QED) is 0.623. The Bertz CT molecular complexity index is 709. The molecule has 0 aliphatic carbocycles. The summed E-state index contributed by atoms with van der Waals surface area (Å²) in [6, 6.07) is 19.9. The Kier molecular flexibility index (Phi) is 5.29. The number of carbonyl (C=O) groups excluding carboxylic acids is 1. The average Bonchev–Trinajstić information content (AvgIpc) is 2.56. The van der Waals surface area contributed by atoms with E-state index in [0.29, 0.717) is 11.3 Å². The number of rotatable bonds is 5. The van der Waals surface area contributed by atoms with Gasteiger partial charge < -0.3 is 4.74 Å². The molecule has 22 heavy (non-hydrogen) atoms. The molecule has 0 amide bonds. The summed E-state index contributed by atoms with van der Waals surface area (Å²) in [5.74, 6) is -0.182. The van der Waals surface area contributed by atoms with Crippen molar-refractivity contribution in [2.75, 3.05) is 0 Å². The maximum atomic E-state index is 12.0. The van der Waals surface area contributed by atoms with Crippen LogP contribution in [0.5, 0.6) is 5.75 Å². The van der Waals surface area contributed by atoms with Crippen LogP contribution in [0.4, 0.5) is 0 Å². The minimum atomic E-state index is -0.395. The number of nitriles is 2. The maximum absolute atomic E-state index is 12.0. The molecule has 0 fully saturated rings. The van der Waals surface area contributed by atoms with Crippen LogP contribution in [-0.2, 0) is 4.79 Å². The van der Waals surface area contributed by atoms with E-state index in [9.17, 15) is 4.79 Å². The van der Waals surface area contributed by atoms with Crippen LogP contribution in [0.15, 0.2) is 54.6 Å². The second-order valence-corrected chi connectivity index (χ2v) is 4.78. The van der Waals surface area contributed by atoms with Gasteiger partial charge in [-0.2, -0.15) is 10.5 Å². The van der Waals surface area contributed by atoms with E-state index < -0.39 is 5.97 Å². The van der Waals surface area contributed by atoms with Crippen molar-refractivity contribution < 1.29 is 9.53 Å². The monoisotopic (exact) mass is 290 g/mol. The predicted molar refractivity (Wildman–Crippen MR) is 80.8 cm³/mol. The van der Waals surface area contributed by atoms with E-state index in [2.05, 4.69) is 6.07 Å². The van der Waals surface area contributed by atoms with Crippen LogP contribution in [0.25, 0.3) is 0 Å². The maximum Gasteiger partial charge on any atom is 0.311 e. The molecular weight excluding hydrogens is 276 g/mol. The number of hydrogen-bond donors (Lipinski definition) is 0. The summed E-state index contributed by atoms with van der Waals surface area (Å²) in [5, 5.41) is 17.7. The normalized spacial score (nSPS) is 11.0. The Hall–Kier alpha value is -3.11. The molecule has 0 aromatic heterocycles. The topological polar surface area (TPSA) is 73.9 Å². The van der Waals surface area contributed by atoms with Crippen LogP contribution in [-0.4, -0.2) is 5.97 Å². The zero-order valence-electron chi connectivity index (χ0n) is 11.9. The van der Waals surface area contributed by atoms with Gasteiger partial charge in [-0.3, -0.25) is 4.79 Å². The third kappa shape index (κ3) is 4.19. The summed E-state index contributed by atoms with van der Waals surface area (Å²) in [7, 11) is 0. The number of ether oxygens (including phenoxy) is 1. The summed E-state index contributed by atoms with van der Waals surface area (Å²) in [5.41, 5.74) is 1.45. The lowest BCUT2D eigenvalue weighted by Gasteiger charge is -2.13. The van der Waals surface area contributed by atoms with E-state index in [0.717, 1.165) is 5.56 Å². The highest BCUT2D eigenvalue weighted by Gasteiger charge is 2.17. The van der Waals surface area contributed by atoms with Gasteiger partial charge in [0.05, 0.1) is 24.1 Å². The molecule has 2 rings (SSSR count). The Morgan fingerprint density at radius 3 is 2.32 bits per heavy atom. The van der Waals surface area contributed by atoms with Crippen molar-refractivity contribution in [1.29, 1.82) is 10.5 Å². The van der Waals surface area contributed by atoms with Gasteiger partial charge in [-0.1, -0.05) is 30.3 Å². The third-order valence-corrected chi connectivity index (χ3v) is 3.24. The molecule has 108 valence electrons. The van der Waals surface area contributed by atoms with Crippen molar-refractivity contribution in [3.8, 4) is 17.9 Å². The van der Waals surface area contributed by atoms with Crippen LogP contribution < -0.4 is 4.74 Å². The minimum absolute atomic E-state index is 0.136. The summed E-state index contributed by atoms with van der Waals surface area (Å²) in [6.45, 7) is 0. The molecule has 1 unspecified atom stereocenters. The molecule has 0 aliphatic heterocycles. The van der Waals surface area contributed by atoms with E-state index in [1.807, 2.05) is 36.4 Å². The van der Waals surface area contributed by atoms with Gasteiger partial charge in [0, 0.05) is 12.3 Å². The molecule has 1 atom stereocenters. The highest BCUT2D eigenvalue weighted by Crippen LogP contribution is 2.24. The lowest BCUT2D eigenvalue weighted by Crippen LogP contribution is -2.13. The molecule has 2 aromatic rings. The summed E-state index contributed by atoms with van der Waals surface area (Å²) < 4.78 is 5.25. The summed E-state index contributed by atoms with van der Waals surface area (Å²) in [6.07, 6.45) is 0.393. The van der Waals surface area contributed by atoms with Gasteiger partial charge in [0.1, 0.15) is 5.75 Å². The molecule has 0 heterocycles. The van der Waals surface area contributed by atoms with Crippen molar-refractivity contribution >= 4 is 5.97 Å². The van der Waals surface area contributed by atoms with Crippen molar-refractivity contribution in [2.24, 2.45) is 0 Å². The fraction of sp³-hybridized carbons (Fsp3) is 0.167. The lowest BCUT2D eigenvalue weighted by atomic mass is 9.93. The van der Waals surface area contributed by atoms with Crippen LogP contribution in [0, 0.1) is 22.7 Å². The first-order chi connectivity index (χ1) is 10.7. The van der Waals surface area contributed by atoms with Crippen molar-refractivity contribution in [3.05, 3.63) is 65.7 Å². The number of hydrogen-bond acceptors (Lipinski definition) is 4. The number of carbonyl (C=O) groups is 1. The van der Waals surface area contributed by atoms with E-state index in [1.54, 1.807) is 24.3 Å². The molecule has 0 bridgehead atoms. The predicted octanol–water partition coefficient (Wildman–Crippen LogP) is 3.55. The Balaban J connectivity index is 2.02. The van der Waals surface area contributed by atoms with Crippen LogP contribution in [0.3, 0.4) is 0 Å². The van der Waals surface area contributed by atoms with E-state index in [4.69, 9.17) is 15.3 Å². The molecule has 0 saturated heterocycles. The largest absolute Gasteiger partial charge is 0.427 e. The van der Waals surface area contributed by atoms with Gasteiger partial charge in [0.2, 0.25) is 0 Å². The van der Waals surface area contributed by atoms with Gasteiger partial charge in [0.25, 0.3) is 0 Å². The standard InChI is InChI=1S/C18H14N2O2/c19-11-10-16(15-4-2-1-3-5-15)12-18(21)22-17-8-6-14(13-20)7-9-17/h1-9,16H,10,12H2. The average molecular weight is 290 g/mol. The highest BCUT2D eigenvalue weighted by molar-refractivity contribution is 5.73. The van der Waals surface area contributed by atoms with Gasteiger partial charge >= 0.3 is 5.97 Å². The zero-order valence-corrected chi connectivity index (χ0v) is 11.9. The fourth-order valence-corrected chi connectivity index (χ4v) is 2.12. The van der Waals surface area contributed by atoms with Gasteiger partial charge in [0.15, 0.2) is 0 Å². The first-order valence-electron chi connectivity index (χ1n) is 6.85. The molecule has 0 aliphatic rings. The van der Waals surface area contributed by atoms with Crippen molar-refractivity contribution in [2.45, 2.75) is 18.8 Å². The number of esters is 1. The highest BCUT2D eigenvalue weighted by atomic mass is 16.5. The smallest absolute Gasteiger partial charge is 0.311 e. The minimum Gasteiger partial charge on any atom is -0.427 e. The molecule has 4 nitrogen and oxygen atoms in total. The Morgan fingerprint density at radius 1 is 1.05 bits per heavy atom. The number of nitrogens with zero attached hydrogens (tertiary/aromatic N) is 2. The molecule has 0 saturated carbocycles. The molecule has 0 radical (unpaired) electrons. The molecule has 4 heteroatoms. The zero-order chi connectivity index (χ0) is 15.8. The van der Waals surface area contributed by atoms with Crippen LogP contribution in [0.1, 0.15) is 29.9 Å². The van der Waals surface area contributed by atoms with E-state index in [-0.39, 0.29) is 18.8 Å². The molecular formula is C18H14N2O2. The third-order valence-electron chi connectivity index (χ3n) is 3.24. The van der Waals surface area contributed by atoms with Crippen molar-refractivity contribution in [1.82, 2.24) is 0 Å². The lowest BCUT2D eigenvalue weighted by molar-refractivity contribution is -0.134. The molecule has 2 aromatic carbocycles. The van der Waals surface area contributed by atoms with Crippen LogP contribution in [0.2, 0.25) is 0 Å². The Labute approximate surface area is 129 Å².